The van der Waals surface area contributed by atoms with E-state index in [0.717, 1.165) is 6.42 Å². The number of carbonyl (C=O) groups excluding carboxylic acids is 1. The molecule has 0 bridgehead atoms. The van der Waals surface area contributed by atoms with E-state index in [0.29, 0.717) is 22.2 Å². The largest absolute Gasteiger partial charge is 0.454 e. The van der Waals surface area contributed by atoms with Gasteiger partial charge in [-0.05, 0) is 13.3 Å². The molecule has 0 unspecified atom stereocenters. The van der Waals surface area contributed by atoms with Crippen LogP contribution < -0.4 is 20.1 Å². The van der Waals surface area contributed by atoms with Gasteiger partial charge >= 0.3 is 6.03 Å². The van der Waals surface area contributed by atoms with E-state index in [1.165, 1.54) is 0 Å². The van der Waals surface area contributed by atoms with Crippen molar-refractivity contribution in [3.05, 3.63) is 17.2 Å². The summed E-state index contributed by atoms with van der Waals surface area (Å²) < 4.78 is 10.4. The highest BCUT2D eigenvalue weighted by Gasteiger charge is 2.17. The Labute approximate surface area is 110 Å². The van der Waals surface area contributed by atoms with Crippen LogP contribution in [0.3, 0.4) is 0 Å². The topological polar surface area (TPSA) is 59.6 Å². The first-order valence-corrected chi connectivity index (χ1v) is 6.14. The number of ether oxygens (including phenoxy) is 2. The zero-order valence-electron chi connectivity index (χ0n) is 10.2. The number of fused-ring (bicyclic) bond motifs is 1. The molecule has 2 rings (SSSR count). The second kappa shape index (κ2) is 5.35. The first-order chi connectivity index (χ1) is 8.60. The number of anilines is 1. The highest BCUT2D eigenvalue weighted by molar-refractivity contribution is 6.34. The van der Waals surface area contributed by atoms with Crippen molar-refractivity contribution >= 4 is 23.3 Å². The lowest BCUT2D eigenvalue weighted by atomic mass is 10.2. The number of rotatable bonds is 3. The van der Waals surface area contributed by atoms with Gasteiger partial charge in [-0.15, -0.1) is 0 Å². The van der Waals surface area contributed by atoms with E-state index >= 15 is 0 Å². The molecule has 1 aliphatic heterocycles. The third-order valence-electron chi connectivity index (χ3n) is 2.70. The molecule has 1 aromatic rings. The zero-order chi connectivity index (χ0) is 13.1. The molecule has 0 fully saturated rings. The van der Waals surface area contributed by atoms with Crippen LogP contribution in [-0.2, 0) is 0 Å². The molecular weight excluding hydrogens is 256 g/mol. The second-order valence-electron chi connectivity index (χ2n) is 4.09. The predicted molar refractivity (Wildman–Crippen MR) is 69.5 cm³/mol. The van der Waals surface area contributed by atoms with Crippen molar-refractivity contribution in [2.24, 2.45) is 0 Å². The number of hydrogen-bond donors (Lipinski definition) is 2. The van der Waals surface area contributed by atoms with Crippen LogP contribution in [0.1, 0.15) is 20.3 Å². The van der Waals surface area contributed by atoms with Crippen LogP contribution in [-0.4, -0.2) is 18.9 Å². The lowest BCUT2D eigenvalue weighted by Crippen LogP contribution is -2.35. The van der Waals surface area contributed by atoms with Gasteiger partial charge < -0.3 is 20.1 Å². The molecule has 0 aliphatic carbocycles. The summed E-state index contributed by atoms with van der Waals surface area (Å²) in [7, 11) is 0. The van der Waals surface area contributed by atoms with E-state index in [1.54, 1.807) is 12.1 Å². The summed E-state index contributed by atoms with van der Waals surface area (Å²) in [5, 5.41) is 5.90. The van der Waals surface area contributed by atoms with Crippen molar-refractivity contribution in [3.63, 3.8) is 0 Å². The van der Waals surface area contributed by atoms with Gasteiger partial charge in [0.15, 0.2) is 11.5 Å². The van der Waals surface area contributed by atoms with E-state index in [1.807, 2.05) is 13.8 Å². The van der Waals surface area contributed by atoms with Crippen molar-refractivity contribution in [1.29, 1.82) is 0 Å². The molecule has 2 amide bonds. The fourth-order valence-electron chi connectivity index (χ4n) is 1.50. The first kappa shape index (κ1) is 12.8. The first-order valence-electron chi connectivity index (χ1n) is 5.76. The fraction of sp³-hybridized carbons (Fsp3) is 0.417. The van der Waals surface area contributed by atoms with E-state index in [9.17, 15) is 4.79 Å². The summed E-state index contributed by atoms with van der Waals surface area (Å²) in [6.07, 6.45) is 0.863. The Morgan fingerprint density at radius 1 is 1.44 bits per heavy atom. The smallest absolute Gasteiger partial charge is 0.319 e. The van der Waals surface area contributed by atoms with Crippen molar-refractivity contribution in [2.45, 2.75) is 26.3 Å². The number of carbonyl (C=O) groups is 1. The molecule has 1 aliphatic rings. The fourth-order valence-corrected chi connectivity index (χ4v) is 1.70. The van der Waals surface area contributed by atoms with Gasteiger partial charge in [-0.3, -0.25) is 0 Å². The maximum Gasteiger partial charge on any atom is 0.319 e. The molecule has 1 heterocycles. The SMILES string of the molecule is CC[C@@H](C)NC(=O)Nc1cc2c(cc1Cl)OCO2. The lowest BCUT2D eigenvalue weighted by Gasteiger charge is -2.13. The molecule has 98 valence electrons. The molecular formula is C12H15ClN2O3. The van der Waals surface area contributed by atoms with Crippen LogP contribution in [0.4, 0.5) is 10.5 Å². The maximum absolute atomic E-state index is 11.7. The van der Waals surface area contributed by atoms with E-state index in [2.05, 4.69) is 10.6 Å². The summed E-state index contributed by atoms with van der Waals surface area (Å²) >= 11 is 6.04. The molecule has 0 saturated carbocycles. The van der Waals surface area contributed by atoms with Gasteiger partial charge in [0.1, 0.15) is 0 Å². The van der Waals surface area contributed by atoms with Crippen LogP contribution in [0, 0.1) is 0 Å². The van der Waals surface area contributed by atoms with Crippen molar-refractivity contribution in [1.82, 2.24) is 5.32 Å². The van der Waals surface area contributed by atoms with Crippen molar-refractivity contribution in [2.75, 3.05) is 12.1 Å². The summed E-state index contributed by atoms with van der Waals surface area (Å²) in [5.41, 5.74) is 0.502. The van der Waals surface area contributed by atoms with Crippen LogP contribution >= 0.6 is 11.6 Å². The van der Waals surface area contributed by atoms with Crippen LogP contribution in [0.15, 0.2) is 12.1 Å². The standard InChI is InChI=1S/C12H15ClN2O3/c1-3-7(2)14-12(16)15-9-5-11-10(4-8(9)13)17-6-18-11/h4-5,7H,3,6H2,1-2H3,(H2,14,15,16)/t7-/m1/s1. The monoisotopic (exact) mass is 270 g/mol. The molecule has 0 aromatic heterocycles. The Hall–Kier alpha value is -1.62. The second-order valence-corrected chi connectivity index (χ2v) is 4.50. The third kappa shape index (κ3) is 2.79. The van der Waals surface area contributed by atoms with Crippen LogP contribution in [0.2, 0.25) is 5.02 Å². The van der Waals surface area contributed by atoms with Gasteiger partial charge in [0, 0.05) is 18.2 Å². The van der Waals surface area contributed by atoms with Crippen LogP contribution in [0.25, 0.3) is 0 Å². The van der Waals surface area contributed by atoms with Gasteiger partial charge in [-0.2, -0.15) is 0 Å². The Morgan fingerprint density at radius 2 is 2.11 bits per heavy atom. The van der Waals surface area contributed by atoms with E-state index in [-0.39, 0.29) is 18.9 Å². The molecule has 1 aromatic carbocycles. The van der Waals surface area contributed by atoms with Gasteiger partial charge in [0.05, 0.1) is 10.7 Å². The number of benzene rings is 1. The third-order valence-corrected chi connectivity index (χ3v) is 3.01. The highest BCUT2D eigenvalue weighted by atomic mass is 35.5. The average molecular weight is 271 g/mol. The normalized spacial score (nSPS) is 14.2. The van der Waals surface area contributed by atoms with Crippen molar-refractivity contribution in [3.8, 4) is 11.5 Å². The molecule has 5 nitrogen and oxygen atoms in total. The Balaban J connectivity index is 2.07. The Morgan fingerprint density at radius 3 is 2.78 bits per heavy atom. The van der Waals surface area contributed by atoms with E-state index < -0.39 is 0 Å². The lowest BCUT2D eigenvalue weighted by molar-refractivity contribution is 0.174. The number of amides is 2. The summed E-state index contributed by atoms with van der Waals surface area (Å²) in [5.74, 6) is 1.17. The summed E-state index contributed by atoms with van der Waals surface area (Å²) in [6, 6.07) is 3.10. The number of urea groups is 1. The zero-order valence-corrected chi connectivity index (χ0v) is 11.0. The van der Waals surface area contributed by atoms with Crippen LogP contribution in [0.5, 0.6) is 11.5 Å². The average Bonchev–Trinajstić information content (AvgIpc) is 2.76. The minimum absolute atomic E-state index is 0.109. The maximum atomic E-state index is 11.7. The molecule has 1 atom stereocenters. The van der Waals surface area contributed by atoms with Gasteiger partial charge in [-0.1, -0.05) is 18.5 Å². The van der Waals surface area contributed by atoms with Crippen molar-refractivity contribution < 1.29 is 14.3 Å². The number of hydrogen-bond acceptors (Lipinski definition) is 3. The molecule has 6 heteroatoms. The van der Waals surface area contributed by atoms with E-state index in [4.69, 9.17) is 21.1 Å². The Bertz CT molecular complexity index is 465. The summed E-state index contributed by atoms with van der Waals surface area (Å²) in [4.78, 5) is 11.7. The number of nitrogens with one attached hydrogen (secondary N) is 2. The molecule has 2 N–H and O–H groups in total. The quantitative estimate of drug-likeness (QED) is 0.888. The minimum Gasteiger partial charge on any atom is -0.454 e. The van der Waals surface area contributed by atoms with Gasteiger partial charge in [0.2, 0.25) is 6.79 Å². The minimum atomic E-state index is -0.287. The Kier molecular flexibility index (Phi) is 3.81. The van der Waals surface area contributed by atoms with Gasteiger partial charge in [-0.25, -0.2) is 4.79 Å². The molecule has 0 spiro atoms. The highest BCUT2D eigenvalue weighted by Crippen LogP contribution is 2.39. The molecule has 18 heavy (non-hydrogen) atoms. The molecule has 0 radical (unpaired) electrons. The number of halogens is 1. The molecule has 0 saturated heterocycles. The summed E-state index contributed by atoms with van der Waals surface area (Å²) in [6.45, 7) is 4.10. The predicted octanol–water partition coefficient (Wildman–Crippen LogP) is 2.99. The van der Waals surface area contributed by atoms with Gasteiger partial charge in [0.25, 0.3) is 0 Å².